The maximum Gasteiger partial charge on any atom is 0.410 e. The Hall–Kier alpha value is -4.48. The number of benzene rings is 4. The van der Waals surface area contributed by atoms with E-state index in [2.05, 4.69) is 67.7 Å². The lowest BCUT2D eigenvalue weighted by atomic mass is 9.86. The van der Waals surface area contributed by atoms with Crippen molar-refractivity contribution in [3.05, 3.63) is 118 Å². The molecule has 3 N–H and O–H groups in total. The van der Waals surface area contributed by atoms with Gasteiger partial charge in [0, 0.05) is 13.1 Å². The summed E-state index contributed by atoms with van der Waals surface area (Å²) < 4.78 is 28.1. The van der Waals surface area contributed by atoms with E-state index in [1.165, 1.54) is 16.0 Å². The topological polar surface area (TPSA) is 119 Å². The van der Waals surface area contributed by atoms with Crippen LogP contribution in [0.3, 0.4) is 0 Å². The molecule has 2 saturated heterocycles. The van der Waals surface area contributed by atoms with Crippen LogP contribution >= 0.6 is 12.4 Å². The number of hydrogen-bond donors (Lipinski definition) is 3. The molecule has 0 radical (unpaired) electrons. The van der Waals surface area contributed by atoms with Gasteiger partial charge < -0.3 is 44.1 Å². The molecule has 2 fully saturated rings. The van der Waals surface area contributed by atoms with Crippen LogP contribution in [0.15, 0.2) is 84.9 Å². The molecule has 2 aliphatic rings. The van der Waals surface area contributed by atoms with Gasteiger partial charge in [0.05, 0.1) is 27.3 Å². The lowest BCUT2D eigenvalue weighted by molar-refractivity contribution is -0.103. The third kappa shape index (κ3) is 10.6. The predicted molar refractivity (Wildman–Crippen MR) is 212 cm³/mol. The molecule has 0 unspecified atom stereocenters. The van der Waals surface area contributed by atoms with Gasteiger partial charge >= 0.3 is 6.09 Å². The summed E-state index contributed by atoms with van der Waals surface area (Å²) in [6, 6.07) is 27.7. The first-order valence-corrected chi connectivity index (χ1v) is 18.2. The van der Waals surface area contributed by atoms with Gasteiger partial charge in [-0.05, 0) is 91.3 Å². The van der Waals surface area contributed by atoms with Crippen molar-refractivity contribution >= 4 is 18.5 Å². The maximum atomic E-state index is 12.1. The van der Waals surface area contributed by atoms with Crippen LogP contribution in [-0.2, 0) is 42.0 Å². The normalized spacial score (nSPS) is 15.2. The number of methoxy groups -OCH3 is 2. The van der Waals surface area contributed by atoms with E-state index in [0.29, 0.717) is 54.9 Å². The lowest BCUT2D eigenvalue weighted by Gasteiger charge is -2.46. The molecular formula is C43H55ClN2O8. The van der Waals surface area contributed by atoms with Crippen LogP contribution in [0.4, 0.5) is 4.79 Å². The second-order valence-corrected chi connectivity index (χ2v) is 14.7. The number of ether oxygens (including phenoxy) is 5. The van der Waals surface area contributed by atoms with E-state index in [1.807, 2.05) is 45.0 Å². The summed E-state index contributed by atoms with van der Waals surface area (Å²) in [6.45, 7) is 12.1. The Morgan fingerprint density at radius 3 is 1.43 bits per heavy atom. The number of rotatable bonds is 12. The van der Waals surface area contributed by atoms with Crippen molar-refractivity contribution in [3.8, 4) is 23.0 Å². The first-order chi connectivity index (χ1) is 25.3. The van der Waals surface area contributed by atoms with Crippen molar-refractivity contribution in [2.45, 2.75) is 77.5 Å². The average Bonchev–Trinajstić information content (AvgIpc) is 3.13. The number of likely N-dealkylation sites (tertiary alicyclic amines) is 1. The Morgan fingerprint density at radius 2 is 1.07 bits per heavy atom. The number of hydrogen-bond acceptors (Lipinski definition) is 9. The zero-order valence-electron chi connectivity index (χ0n) is 32.4. The standard InChI is InChI=1S/C24H31NO5.C19H23NO3.ClH/c1-6-17-7-9-18(10-8-17)14-29-20-12-11-19(13-21(20)28-5)24(27)15-25(16-24)22(26)30-23(2,3)4;1-3-14-4-6-15(7-5-14)11-23-17-9-8-16(10-18(17)22-2)19(21)12-20-13-19;/h7-13,27H,6,14-16H2,1-5H3;4-10,20-21H,3,11-13H2,1-2H3;1H. The van der Waals surface area contributed by atoms with Crippen molar-refractivity contribution in [2.75, 3.05) is 40.4 Å². The molecule has 54 heavy (non-hydrogen) atoms. The Morgan fingerprint density at radius 1 is 0.667 bits per heavy atom. The van der Waals surface area contributed by atoms with E-state index in [1.54, 1.807) is 26.4 Å². The molecule has 11 heteroatoms. The number of aryl methyl sites for hydroxylation is 2. The number of aliphatic hydroxyl groups is 2. The third-order valence-electron chi connectivity index (χ3n) is 9.44. The minimum absolute atomic E-state index is 0. The Balaban J connectivity index is 0.000000244. The molecule has 0 aliphatic carbocycles. The van der Waals surface area contributed by atoms with Gasteiger partial charge in [0.15, 0.2) is 23.0 Å². The summed E-state index contributed by atoms with van der Waals surface area (Å²) >= 11 is 0. The number of halogens is 1. The van der Waals surface area contributed by atoms with Crippen LogP contribution in [0.2, 0.25) is 0 Å². The fraction of sp³-hybridized carbons (Fsp3) is 0.419. The van der Waals surface area contributed by atoms with E-state index in [-0.39, 0.29) is 25.5 Å². The molecule has 292 valence electrons. The van der Waals surface area contributed by atoms with Crippen LogP contribution in [0, 0.1) is 0 Å². The van der Waals surface area contributed by atoms with Gasteiger partial charge in [-0.3, -0.25) is 0 Å². The summed E-state index contributed by atoms with van der Waals surface area (Å²) in [7, 11) is 3.19. The zero-order valence-corrected chi connectivity index (χ0v) is 33.3. The molecule has 2 heterocycles. The molecule has 4 aromatic rings. The second-order valence-electron chi connectivity index (χ2n) is 14.7. The highest BCUT2D eigenvalue weighted by atomic mass is 35.5. The number of nitrogens with one attached hydrogen (secondary N) is 1. The zero-order chi connectivity index (χ0) is 38.2. The lowest BCUT2D eigenvalue weighted by Crippen LogP contribution is -2.61. The van der Waals surface area contributed by atoms with Crippen LogP contribution < -0.4 is 24.3 Å². The summed E-state index contributed by atoms with van der Waals surface area (Å²) in [6.07, 6.45) is 1.62. The molecule has 1 amide bonds. The second kappa shape index (κ2) is 18.2. The average molecular weight is 763 g/mol. The molecule has 2 aliphatic heterocycles. The SMILES string of the molecule is CCc1ccc(COc2ccc(C3(O)CN(C(=O)OC(C)(C)C)C3)cc2OC)cc1.CCc1ccc(COc2ccc(C3(O)CNC3)cc2OC)cc1.Cl. The van der Waals surface area contributed by atoms with Crippen molar-refractivity contribution in [1.82, 2.24) is 10.2 Å². The van der Waals surface area contributed by atoms with E-state index in [4.69, 9.17) is 23.7 Å². The van der Waals surface area contributed by atoms with Gasteiger partial charge in [-0.1, -0.05) is 74.5 Å². The van der Waals surface area contributed by atoms with Crippen LogP contribution in [0.1, 0.15) is 68.0 Å². The van der Waals surface area contributed by atoms with Gasteiger partial charge in [-0.25, -0.2) is 4.79 Å². The van der Waals surface area contributed by atoms with Gasteiger partial charge in [0.25, 0.3) is 0 Å². The molecule has 0 bridgehead atoms. The molecular weight excluding hydrogens is 708 g/mol. The molecule has 0 atom stereocenters. The fourth-order valence-electron chi connectivity index (χ4n) is 6.01. The monoisotopic (exact) mass is 762 g/mol. The summed E-state index contributed by atoms with van der Waals surface area (Å²) in [4.78, 5) is 13.6. The number of carbonyl (C=O) groups is 1. The number of amides is 1. The van der Waals surface area contributed by atoms with Crippen molar-refractivity contribution in [2.24, 2.45) is 0 Å². The summed E-state index contributed by atoms with van der Waals surface area (Å²) in [5.74, 6) is 2.48. The molecule has 4 aromatic carbocycles. The Labute approximate surface area is 325 Å². The molecule has 0 saturated carbocycles. The highest BCUT2D eigenvalue weighted by Gasteiger charge is 2.46. The number of β-amino-alcohol motifs (C(OH)–C–C–N with tert-alkyl or cyclic N) is 2. The highest BCUT2D eigenvalue weighted by Crippen LogP contribution is 2.38. The molecule has 6 rings (SSSR count). The fourth-order valence-corrected chi connectivity index (χ4v) is 6.01. The molecule has 0 spiro atoms. The predicted octanol–water partition coefficient (Wildman–Crippen LogP) is 7.32. The molecule has 10 nitrogen and oxygen atoms in total. The summed E-state index contributed by atoms with van der Waals surface area (Å²) in [5.41, 5.74) is 3.85. The first kappa shape index (κ1) is 42.3. The van der Waals surface area contributed by atoms with Gasteiger partial charge in [-0.2, -0.15) is 0 Å². The Kier molecular flexibility index (Phi) is 14.3. The van der Waals surface area contributed by atoms with E-state index in [9.17, 15) is 15.0 Å². The maximum absolute atomic E-state index is 12.1. The van der Waals surface area contributed by atoms with Crippen molar-refractivity contribution < 1.29 is 38.7 Å². The van der Waals surface area contributed by atoms with E-state index < -0.39 is 22.9 Å². The first-order valence-electron chi connectivity index (χ1n) is 18.2. The minimum atomic E-state index is -1.13. The summed E-state index contributed by atoms with van der Waals surface area (Å²) in [5, 5.41) is 24.4. The minimum Gasteiger partial charge on any atom is -0.493 e. The van der Waals surface area contributed by atoms with Crippen molar-refractivity contribution in [3.63, 3.8) is 0 Å². The van der Waals surface area contributed by atoms with Gasteiger partial charge in [0.2, 0.25) is 0 Å². The smallest absolute Gasteiger partial charge is 0.410 e. The highest BCUT2D eigenvalue weighted by molar-refractivity contribution is 5.85. The number of carbonyl (C=O) groups excluding carboxylic acids is 1. The third-order valence-corrected chi connectivity index (χ3v) is 9.44. The largest absolute Gasteiger partial charge is 0.493 e. The van der Waals surface area contributed by atoms with Gasteiger partial charge in [-0.15, -0.1) is 12.4 Å². The van der Waals surface area contributed by atoms with Crippen LogP contribution in [0.25, 0.3) is 0 Å². The van der Waals surface area contributed by atoms with Crippen LogP contribution in [-0.4, -0.2) is 67.2 Å². The molecule has 0 aromatic heterocycles. The van der Waals surface area contributed by atoms with Crippen molar-refractivity contribution in [1.29, 1.82) is 0 Å². The quantitative estimate of drug-likeness (QED) is 0.136. The van der Waals surface area contributed by atoms with Crippen LogP contribution in [0.5, 0.6) is 23.0 Å². The number of nitrogens with zero attached hydrogens (tertiary/aromatic N) is 1. The Bertz CT molecular complexity index is 1820. The van der Waals surface area contributed by atoms with Gasteiger partial charge in [0.1, 0.15) is 30.0 Å². The van der Waals surface area contributed by atoms with E-state index in [0.717, 1.165) is 29.5 Å². The van der Waals surface area contributed by atoms with E-state index >= 15 is 0 Å².